The smallest absolute Gasteiger partial charge is 0.354 e. The molecule has 0 amide bonds. The third-order valence-electron chi connectivity index (χ3n) is 0.917. The number of halogens is 1. The van der Waals surface area contributed by atoms with E-state index >= 15 is 0 Å². The molecule has 0 aromatic heterocycles. The van der Waals surface area contributed by atoms with E-state index in [1.165, 1.54) is 0 Å². The van der Waals surface area contributed by atoms with Gasteiger partial charge >= 0.3 is 11.9 Å². The zero-order valence-corrected chi connectivity index (χ0v) is 7.84. The first-order chi connectivity index (χ1) is 6.11. The number of esters is 2. The fourth-order valence-corrected chi connectivity index (χ4v) is 0.612. The molecule has 0 saturated carbocycles. The summed E-state index contributed by atoms with van der Waals surface area (Å²) in [6.45, 7) is 5.01. The number of hydrogen-bond acceptors (Lipinski definition) is 4. The molecule has 0 aliphatic heterocycles. The van der Waals surface area contributed by atoms with Gasteiger partial charge in [-0.15, -0.1) is 0 Å². The Kier molecular flexibility index (Phi) is 5.63. The van der Waals surface area contributed by atoms with Crippen molar-refractivity contribution in [1.29, 1.82) is 0 Å². The Morgan fingerprint density at radius 1 is 1.54 bits per heavy atom. The zero-order chi connectivity index (χ0) is 10.3. The molecule has 0 atom stereocenters. The number of hydrogen-bond donors (Lipinski definition) is 0. The summed E-state index contributed by atoms with van der Waals surface area (Å²) in [7, 11) is 0. The molecule has 0 aromatic carbocycles. The lowest BCUT2D eigenvalue weighted by Crippen LogP contribution is -2.05. The maximum atomic E-state index is 10.8. The van der Waals surface area contributed by atoms with E-state index in [1.54, 1.807) is 6.92 Å². The van der Waals surface area contributed by atoms with Crippen molar-refractivity contribution in [3.63, 3.8) is 0 Å². The molecule has 0 radical (unpaired) electrons. The minimum absolute atomic E-state index is 0.218. The predicted octanol–water partition coefficient (Wildman–Crippen LogP) is 1.36. The van der Waals surface area contributed by atoms with Crippen LogP contribution >= 0.6 is 11.6 Å². The van der Waals surface area contributed by atoms with Crippen molar-refractivity contribution >= 4 is 23.5 Å². The van der Waals surface area contributed by atoms with Gasteiger partial charge in [0.05, 0.1) is 12.9 Å². The third kappa shape index (κ3) is 5.03. The van der Waals surface area contributed by atoms with Crippen molar-refractivity contribution in [3.05, 3.63) is 23.9 Å². The first-order valence-electron chi connectivity index (χ1n) is 3.47. The van der Waals surface area contributed by atoms with Crippen LogP contribution < -0.4 is 0 Å². The largest absolute Gasteiger partial charge is 0.463 e. The van der Waals surface area contributed by atoms with Gasteiger partial charge in [0.1, 0.15) is 5.03 Å². The lowest BCUT2D eigenvalue weighted by atomic mass is 10.5. The van der Waals surface area contributed by atoms with Crippen molar-refractivity contribution in [2.75, 3.05) is 6.61 Å². The van der Waals surface area contributed by atoms with E-state index in [0.717, 1.165) is 12.3 Å². The molecule has 0 spiro atoms. The van der Waals surface area contributed by atoms with Gasteiger partial charge in [-0.1, -0.05) is 18.2 Å². The van der Waals surface area contributed by atoms with Gasteiger partial charge in [-0.25, -0.2) is 9.59 Å². The normalized spacial score (nSPS) is 10.5. The highest BCUT2D eigenvalue weighted by atomic mass is 35.5. The Bertz CT molecular complexity index is 245. The molecule has 0 aliphatic carbocycles. The summed E-state index contributed by atoms with van der Waals surface area (Å²) in [6.07, 6.45) is 1.76. The van der Waals surface area contributed by atoms with Crippen LogP contribution in [0.3, 0.4) is 0 Å². The predicted molar refractivity (Wildman–Crippen MR) is 46.9 cm³/mol. The molecule has 0 aromatic rings. The van der Waals surface area contributed by atoms with Crippen LogP contribution in [0.15, 0.2) is 23.9 Å². The van der Waals surface area contributed by atoms with Crippen molar-refractivity contribution in [3.8, 4) is 0 Å². The molecule has 0 N–H and O–H groups in total. The minimum atomic E-state index is -0.843. The fraction of sp³-hybridized carbons (Fsp3) is 0.250. The van der Waals surface area contributed by atoms with E-state index in [9.17, 15) is 9.59 Å². The van der Waals surface area contributed by atoms with Gasteiger partial charge in [0.2, 0.25) is 0 Å². The average Bonchev–Trinajstić information content (AvgIpc) is 2.05. The highest BCUT2D eigenvalue weighted by molar-refractivity contribution is 6.42. The van der Waals surface area contributed by atoms with Crippen molar-refractivity contribution in [2.24, 2.45) is 0 Å². The van der Waals surface area contributed by atoms with Crippen LogP contribution in [-0.2, 0) is 19.1 Å². The first kappa shape index (κ1) is 11.7. The summed E-state index contributed by atoms with van der Waals surface area (Å²) < 4.78 is 8.81. The summed E-state index contributed by atoms with van der Waals surface area (Å²) in [4.78, 5) is 21.5. The second-order valence-corrected chi connectivity index (χ2v) is 2.22. The number of carbonyl (C=O) groups excluding carboxylic acids is 2. The molecule has 13 heavy (non-hydrogen) atoms. The molecular weight excluding hydrogens is 196 g/mol. The van der Waals surface area contributed by atoms with Gasteiger partial charge < -0.3 is 9.47 Å². The summed E-state index contributed by atoms with van der Waals surface area (Å²) in [5, 5.41) is -0.349. The van der Waals surface area contributed by atoms with Gasteiger partial charge in [-0.3, -0.25) is 0 Å². The van der Waals surface area contributed by atoms with E-state index in [0.29, 0.717) is 0 Å². The van der Waals surface area contributed by atoms with Crippen molar-refractivity contribution < 1.29 is 19.1 Å². The summed E-state index contributed by atoms with van der Waals surface area (Å²) in [5.74, 6) is -1.53. The summed E-state index contributed by atoms with van der Waals surface area (Å²) in [6, 6.07) is 0. The standard InChI is InChI=1S/C8H9ClO4/c1-3-12-7(10)5-6(9)8(11)13-4-2/h4-5H,2-3H2,1H3/b6-5+. The van der Waals surface area contributed by atoms with Gasteiger partial charge in [-0.05, 0) is 6.92 Å². The van der Waals surface area contributed by atoms with Crippen LogP contribution in [-0.4, -0.2) is 18.5 Å². The molecule has 0 aliphatic rings. The third-order valence-corrected chi connectivity index (χ3v) is 1.18. The van der Waals surface area contributed by atoms with Crippen molar-refractivity contribution in [1.82, 2.24) is 0 Å². The quantitative estimate of drug-likeness (QED) is 0.394. The number of ether oxygens (including phenoxy) is 2. The second kappa shape index (κ2) is 6.25. The first-order valence-corrected chi connectivity index (χ1v) is 3.85. The molecule has 0 heterocycles. The molecule has 72 valence electrons. The number of carbonyl (C=O) groups is 2. The van der Waals surface area contributed by atoms with Crippen LogP contribution in [0.4, 0.5) is 0 Å². The summed E-state index contributed by atoms with van der Waals surface area (Å²) in [5.41, 5.74) is 0. The maximum Gasteiger partial charge on any atom is 0.354 e. The van der Waals surface area contributed by atoms with E-state index in [1.807, 2.05) is 0 Å². The fourth-order valence-electron chi connectivity index (χ4n) is 0.478. The highest BCUT2D eigenvalue weighted by Gasteiger charge is 2.09. The molecule has 5 heteroatoms. The molecule has 0 unspecified atom stereocenters. The monoisotopic (exact) mass is 204 g/mol. The summed E-state index contributed by atoms with van der Waals surface area (Å²) >= 11 is 5.38. The van der Waals surface area contributed by atoms with Crippen LogP contribution in [0.25, 0.3) is 0 Å². The molecule has 0 fully saturated rings. The topological polar surface area (TPSA) is 52.6 Å². The van der Waals surface area contributed by atoms with E-state index < -0.39 is 11.9 Å². The SMILES string of the molecule is C=COC(=O)/C(Cl)=C\C(=O)OCC. The molecular formula is C8H9ClO4. The van der Waals surface area contributed by atoms with Gasteiger partial charge in [0.15, 0.2) is 0 Å². The van der Waals surface area contributed by atoms with Crippen LogP contribution in [0, 0.1) is 0 Å². The van der Waals surface area contributed by atoms with Crippen LogP contribution in [0.5, 0.6) is 0 Å². The Morgan fingerprint density at radius 2 is 2.15 bits per heavy atom. The molecule has 0 bridgehead atoms. The zero-order valence-electron chi connectivity index (χ0n) is 7.08. The second-order valence-electron chi connectivity index (χ2n) is 1.82. The van der Waals surface area contributed by atoms with Crippen LogP contribution in [0.2, 0.25) is 0 Å². The van der Waals surface area contributed by atoms with Gasteiger partial charge in [0, 0.05) is 6.08 Å². The molecule has 0 saturated heterocycles. The van der Waals surface area contributed by atoms with Crippen LogP contribution in [0.1, 0.15) is 6.92 Å². The van der Waals surface area contributed by atoms with E-state index in [-0.39, 0.29) is 11.6 Å². The Labute approximate surface area is 80.8 Å². The Balaban J connectivity index is 4.22. The number of rotatable bonds is 4. The highest BCUT2D eigenvalue weighted by Crippen LogP contribution is 2.04. The lowest BCUT2D eigenvalue weighted by Gasteiger charge is -1.97. The van der Waals surface area contributed by atoms with E-state index in [4.69, 9.17) is 11.6 Å². The Morgan fingerprint density at radius 3 is 2.62 bits per heavy atom. The lowest BCUT2D eigenvalue weighted by molar-refractivity contribution is -0.138. The minimum Gasteiger partial charge on any atom is -0.463 e. The molecule has 0 rings (SSSR count). The van der Waals surface area contributed by atoms with Gasteiger partial charge in [0.25, 0.3) is 0 Å². The maximum absolute atomic E-state index is 10.8. The van der Waals surface area contributed by atoms with Gasteiger partial charge in [-0.2, -0.15) is 0 Å². The Hall–Kier alpha value is -1.29. The van der Waals surface area contributed by atoms with E-state index in [2.05, 4.69) is 16.1 Å². The average molecular weight is 205 g/mol. The molecule has 4 nitrogen and oxygen atoms in total. The van der Waals surface area contributed by atoms with Crippen molar-refractivity contribution in [2.45, 2.75) is 6.92 Å².